The van der Waals surface area contributed by atoms with Crippen molar-refractivity contribution in [3.05, 3.63) is 28.5 Å². The Morgan fingerprint density at radius 3 is 2.88 bits per heavy atom. The van der Waals surface area contributed by atoms with Gasteiger partial charge in [0.1, 0.15) is 5.78 Å². The number of carbonyl (C=O) groups is 1. The zero-order valence-corrected chi connectivity index (χ0v) is 10.3. The summed E-state index contributed by atoms with van der Waals surface area (Å²) >= 11 is 3.32. The number of pyridine rings is 1. The van der Waals surface area contributed by atoms with Gasteiger partial charge in [-0.1, -0.05) is 0 Å². The van der Waals surface area contributed by atoms with Crippen LogP contribution in [0.2, 0.25) is 0 Å². The van der Waals surface area contributed by atoms with Gasteiger partial charge in [-0.3, -0.25) is 9.78 Å². The fraction of sp³-hybridized carbons (Fsp3) is 0.455. The maximum atomic E-state index is 11.7. The zero-order valence-electron chi connectivity index (χ0n) is 8.69. The average Bonchev–Trinajstić information content (AvgIpc) is 2.70. The Balaban J connectivity index is 1.86. The molecular formula is C11H12BrNO3. The van der Waals surface area contributed by atoms with E-state index in [0.717, 1.165) is 10.0 Å². The van der Waals surface area contributed by atoms with Crippen molar-refractivity contribution in [1.29, 1.82) is 0 Å². The van der Waals surface area contributed by atoms with Gasteiger partial charge >= 0.3 is 0 Å². The van der Waals surface area contributed by atoms with Crippen LogP contribution in [0.4, 0.5) is 0 Å². The second-order valence-electron chi connectivity index (χ2n) is 3.60. The highest BCUT2D eigenvalue weighted by Gasteiger charge is 2.19. The van der Waals surface area contributed by atoms with Crippen molar-refractivity contribution in [2.75, 3.05) is 13.2 Å². The lowest BCUT2D eigenvalue weighted by atomic mass is 10.1. The van der Waals surface area contributed by atoms with Gasteiger partial charge in [0.05, 0.1) is 19.6 Å². The van der Waals surface area contributed by atoms with Crippen molar-refractivity contribution in [1.82, 2.24) is 4.98 Å². The third-order valence-electron chi connectivity index (χ3n) is 2.25. The molecule has 0 aliphatic carbocycles. The smallest absolute Gasteiger partial charge is 0.164 e. The molecule has 1 saturated heterocycles. The largest absolute Gasteiger partial charge is 0.350 e. The van der Waals surface area contributed by atoms with E-state index in [9.17, 15) is 4.79 Å². The van der Waals surface area contributed by atoms with Crippen LogP contribution in [0.3, 0.4) is 0 Å². The fourth-order valence-electron chi connectivity index (χ4n) is 1.56. The highest BCUT2D eigenvalue weighted by molar-refractivity contribution is 9.10. The highest BCUT2D eigenvalue weighted by atomic mass is 79.9. The number of hydrogen-bond acceptors (Lipinski definition) is 4. The van der Waals surface area contributed by atoms with Crippen LogP contribution in [0, 0.1) is 0 Å². The summed E-state index contributed by atoms with van der Waals surface area (Å²) < 4.78 is 11.3. The Bertz CT molecular complexity index is 377. The van der Waals surface area contributed by atoms with Gasteiger partial charge in [-0.05, 0) is 27.6 Å². The van der Waals surface area contributed by atoms with Crippen LogP contribution < -0.4 is 0 Å². The summed E-state index contributed by atoms with van der Waals surface area (Å²) in [6, 6.07) is 1.89. The molecule has 1 aliphatic heterocycles. The minimum atomic E-state index is -0.354. The van der Waals surface area contributed by atoms with Gasteiger partial charge in [0.2, 0.25) is 0 Å². The molecule has 1 aromatic rings. The van der Waals surface area contributed by atoms with E-state index in [1.807, 2.05) is 6.07 Å². The Morgan fingerprint density at radius 2 is 2.19 bits per heavy atom. The van der Waals surface area contributed by atoms with Crippen molar-refractivity contribution in [3.63, 3.8) is 0 Å². The molecule has 2 heterocycles. The van der Waals surface area contributed by atoms with Crippen LogP contribution in [0.1, 0.15) is 12.0 Å². The summed E-state index contributed by atoms with van der Waals surface area (Å²) in [5.41, 5.74) is 0.900. The standard InChI is InChI=1S/C11H12BrNO3/c12-9-3-8(6-13-7-9)4-10(14)5-11-15-1-2-16-11/h3,6-7,11H,1-2,4-5H2. The molecule has 0 spiro atoms. The normalized spacial score (nSPS) is 16.6. The molecule has 0 saturated carbocycles. The van der Waals surface area contributed by atoms with E-state index in [-0.39, 0.29) is 12.1 Å². The molecule has 2 rings (SSSR count). The lowest BCUT2D eigenvalue weighted by Gasteiger charge is -2.07. The predicted octanol–water partition coefficient (Wildman–Crippen LogP) is 1.72. The Kier molecular flexibility index (Phi) is 4.04. The zero-order chi connectivity index (χ0) is 11.4. The summed E-state index contributed by atoms with van der Waals surface area (Å²) in [7, 11) is 0. The molecule has 1 aliphatic rings. The summed E-state index contributed by atoms with van der Waals surface area (Å²) in [6.07, 6.45) is 3.71. The van der Waals surface area contributed by atoms with Gasteiger partial charge in [-0.2, -0.15) is 0 Å². The number of ketones is 1. The SMILES string of the molecule is O=C(Cc1cncc(Br)c1)CC1OCCO1. The van der Waals surface area contributed by atoms with E-state index in [4.69, 9.17) is 9.47 Å². The van der Waals surface area contributed by atoms with Crippen molar-refractivity contribution in [2.24, 2.45) is 0 Å². The van der Waals surface area contributed by atoms with Crippen LogP contribution in [0.25, 0.3) is 0 Å². The summed E-state index contributed by atoms with van der Waals surface area (Å²) in [4.78, 5) is 15.7. The molecule has 16 heavy (non-hydrogen) atoms. The topological polar surface area (TPSA) is 48.4 Å². The Hall–Kier alpha value is -0.780. The molecule has 1 aromatic heterocycles. The Morgan fingerprint density at radius 1 is 1.44 bits per heavy atom. The molecule has 0 amide bonds. The monoisotopic (exact) mass is 285 g/mol. The number of hydrogen-bond donors (Lipinski definition) is 0. The maximum absolute atomic E-state index is 11.7. The lowest BCUT2D eigenvalue weighted by molar-refractivity contribution is -0.126. The number of halogens is 1. The molecule has 0 radical (unpaired) electrons. The van der Waals surface area contributed by atoms with E-state index in [0.29, 0.717) is 26.1 Å². The fourth-order valence-corrected chi connectivity index (χ4v) is 1.98. The van der Waals surface area contributed by atoms with Crippen molar-refractivity contribution in [3.8, 4) is 0 Å². The molecule has 4 nitrogen and oxygen atoms in total. The third-order valence-corrected chi connectivity index (χ3v) is 2.68. The number of rotatable bonds is 4. The van der Waals surface area contributed by atoms with Crippen LogP contribution in [-0.2, 0) is 20.7 Å². The molecule has 0 atom stereocenters. The number of Topliss-reactive ketones (excluding diaryl/α,β-unsaturated/α-hetero) is 1. The predicted molar refractivity (Wildman–Crippen MR) is 61.0 cm³/mol. The molecule has 0 N–H and O–H groups in total. The Labute approximate surface area is 102 Å². The molecule has 5 heteroatoms. The first-order valence-electron chi connectivity index (χ1n) is 5.08. The summed E-state index contributed by atoms with van der Waals surface area (Å²) in [6.45, 7) is 1.16. The average molecular weight is 286 g/mol. The molecule has 0 aromatic carbocycles. The molecule has 1 fully saturated rings. The maximum Gasteiger partial charge on any atom is 0.164 e. The molecule has 0 unspecified atom stereocenters. The van der Waals surface area contributed by atoms with Gasteiger partial charge in [0, 0.05) is 23.3 Å². The van der Waals surface area contributed by atoms with Gasteiger partial charge in [-0.15, -0.1) is 0 Å². The quantitative estimate of drug-likeness (QED) is 0.845. The third kappa shape index (κ3) is 3.37. The minimum absolute atomic E-state index is 0.104. The first-order valence-corrected chi connectivity index (χ1v) is 5.87. The van der Waals surface area contributed by atoms with Gasteiger partial charge in [0.15, 0.2) is 6.29 Å². The van der Waals surface area contributed by atoms with Crippen LogP contribution in [0.5, 0.6) is 0 Å². The summed E-state index contributed by atoms with van der Waals surface area (Å²) in [5.74, 6) is 0.104. The van der Waals surface area contributed by atoms with Gasteiger partial charge in [0.25, 0.3) is 0 Å². The lowest BCUT2D eigenvalue weighted by Crippen LogP contribution is -2.15. The van der Waals surface area contributed by atoms with E-state index in [2.05, 4.69) is 20.9 Å². The van der Waals surface area contributed by atoms with Crippen molar-refractivity contribution in [2.45, 2.75) is 19.1 Å². The molecule has 86 valence electrons. The highest BCUT2D eigenvalue weighted by Crippen LogP contribution is 2.13. The van der Waals surface area contributed by atoms with E-state index < -0.39 is 0 Å². The van der Waals surface area contributed by atoms with E-state index >= 15 is 0 Å². The van der Waals surface area contributed by atoms with Crippen molar-refractivity contribution >= 4 is 21.7 Å². The second kappa shape index (κ2) is 5.52. The van der Waals surface area contributed by atoms with E-state index in [1.54, 1.807) is 12.4 Å². The van der Waals surface area contributed by atoms with Gasteiger partial charge < -0.3 is 9.47 Å². The number of carbonyl (C=O) groups excluding carboxylic acids is 1. The van der Waals surface area contributed by atoms with Crippen LogP contribution >= 0.6 is 15.9 Å². The second-order valence-corrected chi connectivity index (χ2v) is 4.52. The number of aromatic nitrogens is 1. The van der Waals surface area contributed by atoms with Crippen molar-refractivity contribution < 1.29 is 14.3 Å². The van der Waals surface area contributed by atoms with Crippen LogP contribution in [0.15, 0.2) is 22.9 Å². The minimum Gasteiger partial charge on any atom is -0.350 e. The van der Waals surface area contributed by atoms with Gasteiger partial charge in [-0.25, -0.2) is 0 Å². The first-order chi connectivity index (χ1) is 7.74. The first kappa shape index (κ1) is 11.7. The summed E-state index contributed by atoms with van der Waals surface area (Å²) in [5, 5.41) is 0. The molecule has 0 bridgehead atoms. The number of nitrogens with zero attached hydrogens (tertiary/aromatic N) is 1. The van der Waals surface area contributed by atoms with E-state index in [1.165, 1.54) is 0 Å². The van der Waals surface area contributed by atoms with Crippen LogP contribution in [-0.4, -0.2) is 30.3 Å². The number of ether oxygens (including phenoxy) is 2. The molecular weight excluding hydrogens is 274 g/mol.